The Bertz CT molecular complexity index is 343. The molecular formula is C15H24FNO. The van der Waals surface area contributed by atoms with Crippen LogP contribution in [0.3, 0.4) is 0 Å². The average molecular weight is 253 g/mol. The van der Waals surface area contributed by atoms with Gasteiger partial charge in [-0.25, -0.2) is 4.39 Å². The van der Waals surface area contributed by atoms with Gasteiger partial charge >= 0.3 is 0 Å². The molecule has 1 aromatic rings. The third-order valence-electron chi connectivity index (χ3n) is 2.59. The van der Waals surface area contributed by atoms with E-state index in [0.717, 1.165) is 25.1 Å². The lowest BCUT2D eigenvalue weighted by molar-refractivity contribution is 0.175. The molecule has 1 rings (SSSR count). The summed E-state index contributed by atoms with van der Waals surface area (Å²) in [6, 6.07) is 6.20. The Morgan fingerprint density at radius 2 is 1.83 bits per heavy atom. The lowest BCUT2D eigenvalue weighted by Crippen LogP contribution is -2.42. The molecule has 0 aromatic heterocycles. The molecule has 0 spiro atoms. The highest BCUT2D eigenvalue weighted by atomic mass is 19.1. The van der Waals surface area contributed by atoms with Crippen molar-refractivity contribution in [2.45, 2.75) is 52.2 Å². The minimum absolute atomic E-state index is 0.0815. The first-order chi connectivity index (χ1) is 8.40. The summed E-state index contributed by atoms with van der Waals surface area (Å²) >= 11 is 0. The Morgan fingerprint density at radius 3 is 2.33 bits per heavy atom. The quantitative estimate of drug-likeness (QED) is 0.833. The van der Waals surface area contributed by atoms with Crippen LogP contribution in [0.5, 0.6) is 5.75 Å². The summed E-state index contributed by atoms with van der Waals surface area (Å²) in [6.45, 7) is 9.34. The summed E-state index contributed by atoms with van der Waals surface area (Å²) in [7, 11) is 0. The highest BCUT2D eigenvalue weighted by Crippen LogP contribution is 2.15. The molecule has 1 N–H and O–H groups in total. The van der Waals surface area contributed by atoms with Crippen LogP contribution in [0.4, 0.5) is 4.39 Å². The van der Waals surface area contributed by atoms with E-state index in [2.05, 4.69) is 33.0 Å². The van der Waals surface area contributed by atoms with Gasteiger partial charge in [0, 0.05) is 12.1 Å². The highest BCUT2D eigenvalue weighted by molar-refractivity contribution is 5.22. The maximum Gasteiger partial charge on any atom is 0.123 e. The maximum atomic E-state index is 12.8. The van der Waals surface area contributed by atoms with Gasteiger partial charge in [-0.3, -0.25) is 0 Å². The van der Waals surface area contributed by atoms with E-state index in [1.165, 1.54) is 12.1 Å². The third kappa shape index (κ3) is 6.01. The topological polar surface area (TPSA) is 21.3 Å². The number of hydrogen-bond acceptors (Lipinski definition) is 2. The van der Waals surface area contributed by atoms with Gasteiger partial charge < -0.3 is 10.1 Å². The lowest BCUT2D eigenvalue weighted by atomic mass is 10.1. The van der Waals surface area contributed by atoms with Crippen molar-refractivity contribution in [2.24, 2.45) is 0 Å². The zero-order valence-corrected chi connectivity index (χ0v) is 11.8. The van der Waals surface area contributed by atoms with Gasteiger partial charge in [-0.15, -0.1) is 0 Å². The molecule has 2 nitrogen and oxygen atoms in total. The van der Waals surface area contributed by atoms with Crippen LogP contribution in [0.1, 0.15) is 40.5 Å². The Balaban J connectivity index is 2.54. The number of hydrogen-bond donors (Lipinski definition) is 1. The van der Waals surface area contributed by atoms with Crippen LogP contribution >= 0.6 is 0 Å². The van der Waals surface area contributed by atoms with Crippen molar-refractivity contribution in [2.75, 3.05) is 6.54 Å². The molecule has 0 amide bonds. The largest absolute Gasteiger partial charge is 0.489 e. The van der Waals surface area contributed by atoms with Crippen molar-refractivity contribution >= 4 is 0 Å². The number of nitrogens with one attached hydrogen (secondary N) is 1. The molecule has 1 unspecified atom stereocenters. The zero-order valence-electron chi connectivity index (χ0n) is 11.8. The van der Waals surface area contributed by atoms with Crippen molar-refractivity contribution in [3.8, 4) is 5.75 Å². The van der Waals surface area contributed by atoms with Crippen LogP contribution in [0.25, 0.3) is 0 Å². The number of ether oxygens (including phenoxy) is 1. The maximum absolute atomic E-state index is 12.8. The molecule has 102 valence electrons. The summed E-state index contributed by atoms with van der Waals surface area (Å²) in [6.07, 6.45) is 2.18. The van der Waals surface area contributed by atoms with Crippen LogP contribution in [0.2, 0.25) is 0 Å². The standard InChI is InChI=1S/C15H24FNO/c1-5-6-14(11-17-15(2,3)4)18-13-9-7-12(16)8-10-13/h7-10,14,17H,5-6,11H2,1-4H3. The van der Waals surface area contributed by atoms with Gasteiger partial charge in [0.25, 0.3) is 0 Å². The number of benzene rings is 1. The molecule has 3 heteroatoms. The molecular weight excluding hydrogens is 229 g/mol. The van der Waals surface area contributed by atoms with E-state index in [-0.39, 0.29) is 17.5 Å². The Labute approximate surface area is 110 Å². The smallest absolute Gasteiger partial charge is 0.123 e. The van der Waals surface area contributed by atoms with E-state index in [9.17, 15) is 4.39 Å². The molecule has 0 saturated carbocycles. The van der Waals surface area contributed by atoms with Crippen molar-refractivity contribution in [3.05, 3.63) is 30.1 Å². The molecule has 18 heavy (non-hydrogen) atoms. The molecule has 1 atom stereocenters. The minimum atomic E-state index is -0.234. The molecule has 0 fully saturated rings. The van der Waals surface area contributed by atoms with Gasteiger partial charge in [0.1, 0.15) is 17.7 Å². The van der Waals surface area contributed by atoms with Crippen molar-refractivity contribution in [1.82, 2.24) is 5.32 Å². The van der Waals surface area contributed by atoms with E-state index in [1.54, 1.807) is 12.1 Å². The normalized spacial score (nSPS) is 13.4. The predicted octanol–water partition coefficient (Wildman–Crippen LogP) is 3.76. The first kappa shape index (κ1) is 15.0. The second-order valence-corrected chi connectivity index (χ2v) is 5.61. The van der Waals surface area contributed by atoms with E-state index in [4.69, 9.17) is 4.74 Å². The third-order valence-corrected chi connectivity index (χ3v) is 2.59. The van der Waals surface area contributed by atoms with Gasteiger partial charge in [0.2, 0.25) is 0 Å². The summed E-state index contributed by atoms with van der Waals surface area (Å²) in [5.74, 6) is 0.493. The predicted molar refractivity (Wildman–Crippen MR) is 73.5 cm³/mol. The number of rotatable bonds is 6. The monoisotopic (exact) mass is 253 g/mol. The van der Waals surface area contributed by atoms with E-state index in [1.807, 2.05) is 0 Å². The van der Waals surface area contributed by atoms with E-state index in [0.29, 0.717) is 0 Å². The zero-order chi connectivity index (χ0) is 13.6. The molecule has 0 aliphatic carbocycles. The molecule has 1 aromatic carbocycles. The van der Waals surface area contributed by atoms with Gasteiger partial charge in [-0.05, 0) is 51.5 Å². The van der Waals surface area contributed by atoms with E-state index < -0.39 is 0 Å². The molecule has 0 bridgehead atoms. The Hall–Kier alpha value is -1.09. The summed E-state index contributed by atoms with van der Waals surface area (Å²) in [4.78, 5) is 0. The Morgan fingerprint density at radius 1 is 1.22 bits per heavy atom. The van der Waals surface area contributed by atoms with E-state index >= 15 is 0 Å². The lowest BCUT2D eigenvalue weighted by Gasteiger charge is -2.25. The fraction of sp³-hybridized carbons (Fsp3) is 0.600. The fourth-order valence-electron chi connectivity index (χ4n) is 1.65. The van der Waals surface area contributed by atoms with Crippen LogP contribution < -0.4 is 10.1 Å². The first-order valence-corrected chi connectivity index (χ1v) is 6.58. The molecule has 0 aliphatic heterocycles. The molecule has 0 saturated heterocycles. The molecule has 0 heterocycles. The second kappa shape index (κ2) is 6.74. The van der Waals surface area contributed by atoms with Crippen LogP contribution in [-0.4, -0.2) is 18.2 Å². The molecule has 0 radical (unpaired) electrons. The van der Waals surface area contributed by atoms with Crippen LogP contribution in [0.15, 0.2) is 24.3 Å². The summed E-state index contributed by atoms with van der Waals surface area (Å²) in [5, 5.41) is 3.44. The van der Waals surface area contributed by atoms with Gasteiger partial charge in [0.05, 0.1) is 0 Å². The molecule has 0 aliphatic rings. The fourth-order valence-corrected chi connectivity index (χ4v) is 1.65. The average Bonchev–Trinajstić information content (AvgIpc) is 2.28. The van der Waals surface area contributed by atoms with Crippen molar-refractivity contribution < 1.29 is 9.13 Å². The highest BCUT2D eigenvalue weighted by Gasteiger charge is 2.14. The minimum Gasteiger partial charge on any atom is -0.489 e. The van der Waals surface area contributed by atoms with Gasteiger partial charge in [-0.2, -0.15) is 0 Å². The summed E-state index contributed by atoms with van der Waals surface area (Å²) < 4.78 is 18.7. The second-order valence-electron chi connectivity index (χ2n) is 5.61. The summed E-state index contributed by atoms with van der Waals surface area (Å²) in [5.41, 5.74) is 0.0815. The van der Waals surface area contributed by atoms with Gasteiger partial charge in [0.15, 0.2) is 0 Å². The van der Waals surface area contributed by atoms with Crippen molar-refractivity contribution in [3.63, 3.8) is 0 Å². The SMILES string of the molecule is CCCC(CNC(C)(C)C)Oc1ccc(F)cc1. The first-order valence-electron chi connectivity index (χ1n) is 6.58. The van der Waals surface area contributed by atoms with Crippen LogP contribution in [0, 0.1) is 5.82 Å². The van der Waals surface area contributed by atoms with Crippen molar-refractivity contribution in [1.29, 1.82) is 0 Å². The van der Waals surface area contributed by atoms with Gasteiger partial charge in [-0.1, -0.05) is 13.3 Å². The van der Waals surface area contributed by atoms with Crippen LogP contribution in [-0.2, 0) is 0 Å². The number of halogens is 1. The Kier molecular flexibility index (Phi) is 5.60.